The third-order valence-corrected chi connectivity index (χ3v) is 3.40. The SMILES string of the molecule is O[C@H]1CCCCCC[C@H](O)CCCCC1. The average molecular weight is 214 g/mol. The van der Waals surface area contributed by atoms with E-state index in [1.54, 1.807) is 0 Å². The van der Waals surface area contributed by atoms with Gasteiger partial charge in [-0.2, -0.15) is 0 Å². The lowest BCUT2D eigenvalue weighted by Gasteiger charge is -2.09. The quantitative estimate of drug-likeness (QED) is 0.650. The Morgan fingerprint density at radius 1 is 0.467 bits per heavy atom. The molecule has 0 radical (unpaired) electrons. The van der Waals surface area contributed by atoms with Crippen LogP contribution in [0.25, 0.3) is 0 Å². The highest BCUT2D eigenvalue weighted by atomic mass is 16.3. The molecule has 0 amide bonds. The molecule has 0 aromatic carbocycles. The molecule has 0 unspecified atom stereocenters. The first-order chi connectivity index (χ1) is 7.29. The molecule has 15 heavy (non-hydrogen) atoms. The summed E-state index contributed by atoms with van der Waals surface area (Å²) in [5.74, 6) is 0. The fourth-order valence-electron chi connectivity index (χ4n) is 2.34. The van der Waals surface area contributed by atoms with Crippen molar-refractivity contribution < 1.29 is 10.2 Å². The van der Waals surface area contributed by atoms with Gasteiger partial charge >= 0.3 is 0 Å². The van der Waals surface area contributed by atoms with E-state index in [1.807, 2.05) is 0 Å². The second-order valence-electron chi connectivity index (χ2n) is 4.94. The van der Waals surface area contributed by atoms with Gasteiger partial charge in [-0.3, -0.25) is 0 Å². The molecule has 1 rings (SSSR count). The molecule has 0 aromatic heterocycles. The van der Waals surface area contributed by atoms with Gasteiger partial charge in [0, 0.05) is 0 Å². The lowest BCUT2D eigenvalue weighted by molar-refractivity contribution is 0.144. The molecule has 0 bridgehead atoms. The third kappa shape index (κ3) is 6.91. The van der Waals surface area contributed by atoms with E-state index in [0.29, 0.717) is 0 Å². The van der Waals surface area contributed by atoms with Crippen LogP contribution in [0, 0.1) is 0 Å². The topological polar surface area (TPSA) is 40.5 Å². The van der Waals surface area contributed by atoms with Gasteiger partial charge < -0.3 is 10.2 Å². The van der Waals surface area contributed by atoms with E-state index in [-0.39, 0.29) is 12.2 Å². The van der Waals surface area contributed by atoms with Gasteiger partial charge in [-0.25, -0.2) is 0 Å². The molecule has 0 saturated heterocycles. The van der Waals surface area contributed by atoms with Crippen molar-refractivity contribution in [1.82, 2.24) is 0 Å². The first-order valence-corrected chi connectivity index (χ1v) is 6.65. The van der Waals surface area contributed by atoms with Gasteiger partial charge in [0.05, 0.1) is 12.2 Å². The van der Waals surface area contributed by atoms with E-state index in [1.165, 1.54) is 12.8 Å². The summed E-state index contributed by atoms with van der Waals surface area (Å²) in [6, 6.07) is 0. The molecule has 0 aliphatic heterocycles. The minimum Gasteiger partial charge on any atom is -0.393 e. The number of hydrogen-bond acceptors (Lipinski definition) is 2. The van der Waals surface area contributed by atoms with Crippen molar-refractivity contribution in [3.8, 4) is 0 Å². The first kappa shape index (κ1) is 13.0. The zero-order chi connectivity index (χ0) is 10.9. The van der Waals surface area contributed by atoms with Crippen LogP contribution in [-0.4, -0.2) is 22.4 Å². The first-order valence-electron chi connectivity index (χ1n) is 6.65. The molecule has 2 N–H and O–H groups in total. The van der Waals surface area contributed by atoms with Crippen molar-refractivity contribution >= 4 is 0 Å². The molecule has 0 spiro atoms. The van der Waals surface area contributed by atoms with Crippen molar-refractivity contribution in [2.24, 2.45) is 0 Å². The van der Waals surface area contributed by atoms with Crippen molar-refractivity contribution in [3.63, 3.8) is 0 Å². The predicted octanol–water partition coefficient (Wildman–Crippen LogP) is 3.01. The Kier molecular flexibility index (Phi) is 7.03. The standard InChI is InChI=1S/C13H26O2/c14-12-8-4-1-2-5-9-13(15)11-7-3-6-10-12/h12-15H,1-11H2/t12-,13-/m0/s1. The Balaban J connectivity index is 2.20. The summed E-state index contributed by atoms with van der Waals surface area (Å²) < 4.78 is 0. The maximum atomic E-state index is 9.67. The van der Waals surface area contributed by atoms with Gasteiger partial charge in [0.2, 0.25) is 0 Å². The minimum atomic E-state index is -0.0734. The number of aliphatic hydroxyl groups is 2. The van der Waals surface area contributed by atoms with Crippen LogP contribution in [0.5, 0.6) is 0 Å². The molecule has 1 aliphatic carbocycles. The summed E-state index contributed by atoms with van der Waals surface area (Å²) in [5.41, 5.74) is 0. The Hall–Kier alpha value is -0.0800. The number of rotatable bonds is 0. The van der Waals surface area contributed by atoms with Gasteiger partial charge in [-0.1, -0.05) is 44.9 Å². The zero-order valence-electron chi connectivity index (χ0n) is 9.83. The largest absolute Gasteiger partial charge is 0.393 e. The van der Waals surface area contributed by atoms with Crippen LogP contribution >= 0.6 is 0 Å². The van der Waals surface area contributed by atoms with E-state index in [2.05, 4.69) is 0 Å². The van der Waals surface area contributed by atoms with Crippen LogP contribution in [-0.2, 0) is 0 Å². The summed E-state index contributed by atoms with van der Waals surface area (Å²) in [6.07, 6.45) is 11.8. The van der Waals surface area contributed by atoms with Gasteiger partial charge in [0.25, 0.3) is 0 Å². The molecule has 0 heterocycles. The van der Waals surface area contributed by atoms with Crippen LogP contribution < -0.4 is 0 Å². The van der Waals surface area contributed by atoms with E-state index in [9.17, 15) is 10.2 Å². The fraction of sp³-hybridized carbons (Fsp3) is 1.00. The molecule has 2 heteroatoms. The molecule has 1 aliphatic rings. The minimum absolute atomic E-state index is 0.0734. The molecule has 2 atom stereocenters. The number of hydrogen-bond donors (Lipinski definition) is 2. The lowest BCUT2D eigenvalue weighted by Crippen LogP contribution is -2.06. The summed E-state index contributed by atoms with van der Waals surface area (Å²) in [5, 5.41) is 19.3. The maximum absolute atomic E-state index is 9.67. The Morgan fingerprint density at radius 2 is 0.733 bits per heavy atom. The smallest absolute Gasteiger partial charge is 0.0540 e. The van der Waals surface area contributed by atoms with Crippen LogP contribution in [0.2, 0.25) is 0 Å². The van der Waals surface area contributed by atoms with Crippen LogP contribution in [0.4, 0.5) is 0 Å². The van der Waals surface area contributed by atoms with Crippen LogP contribution in [0.15, 0.2) is 0 Å². The normalized spacial score (nSPS) is 32.4. The van der Waals surface area contributed by atoms with Crippen LogP contribution in [0.3, 0.4) is 0 Å². The summed E-state index contributed by atoms with van der Waals surface area (Å²) in [6.45, 7) is 0. The monoisotopic (exact) mass is 214 g/mol. The molecule has 1 saturated carbocycles. The summed E-state index contributed by atoms with van der Waals surface area (Å²) in [7, 11) is 0. The van der Waals surface area contributed by atoms with Crippen LogP contribution in [0.1, 0.15) is 70.6 Å². The Morgan fingerprint density at radius 3 is 1.07 bits per heavy atom. The van der Waals surface area contributed by atoms with Gasteiger partial charge in [-0.05, 0) is 25.7 Å². The Bertz CT molecular complexity index is 131. The highest BCUT2D eigenvalue weighted by Crippen LogP contribution is 2.16. The van der Waals surface area contributed by atoms with Crippen molar-refractivity contribution in [1.29, 1.82) is 0 Å². The average Bonchev–Trinajstić information content (AvgIpc) is 2.23. The van der Waals surface area contributed by atoms with Gasteiger partial charge in [0.1, 0.15) is 0 Å². The zero-order valence-corrected chi connectivity index (χ0v) is 9.83. The van der Waals surface area contributed by atoms with Crippen molar-refractivity contribution in [3.05, 3.63) is 0 Å². The van der Waals surface area contributed by atoms with Crippen molar-refractivity contribution in [2.75, 3.05) is 0 Å². The second-order valence-corrected chi connectivity index (χ2v) is 4.94. The lowest BCUT2D eigenvalue weighted by atomic mass is 10.0. The van der Waals surface area contributed by atoms with Gasteiger partial charge in [0.15, 0.2) is 0 Å². The third-order valence-electron chi connectivity index (χ3n) is 3.40. The molecular formula is C13H26O2. The molecule has 90 valence electrons. The second kappa shape index (κ2) is 8.12. The van der Waals surface area contributed by atoms with Crippen molar-refractivity contribution in [2.45, 2.75) is 82.8 Å². The Labute approximate surface area is 93.7 Å². The fourth-order valence-corrected chi connectivity index (χ4v) is 2.34. The number of aliphatic hydroxyl groups excluding tert-OH is 2. The predicted molar refractivity (Wildman–Crippen MR) is 62.8 cm³/mol. The highest BCUT2D eigenvalue weighted by Gasteiger charge is 2.07. The highest BCUT2D eigenvalue weighted by molar-refractivity contribution is 4.61. The molecule has 0 aromatic rings. The summed E-state index contributed by atoms with van der Waals surface area (Å²) in [4.78, 5) is 0. The van der Waals surface area contributed by atoms with E-state index >= 15 is 0 Å². The van der Waals surface area contributed by atoms with E-state index in [0.717, 1.165) is 57.8 Å². The molecular weight excluding hydrogens is 188 g/mol. The van der Waals surface area contributed by atoms with E-state index in [4.69, 9.17) is 0 Å². The molecule has 2 nitrogen and oxygen atoms in total. The maximum Gasteiger partial charge on any atom is 0.0540 e. The summed E-state index contributed by atoms with van der Waals surface area (Å²) >= 11 is 0. The van der Waals surface area contributed by atoms with E-state index < -0.39 is 0 Å². The molecule has 1 fully saturated rings. The van der Waals surface area contributed by atoms with Gasteiger partial charge in [-0.15, -0.1) is 0 Å².